The zero-order valence-corrected chi connectivity index (χ0v) is 18.4. The fraction of sp³-hybridized carbons (Fsp3) is 0.333. The van der Waals surface area contributed by atoms with Crippen LogP contribution in [0.2, 0.25) is 0 Å². The van der Waals surface area contributed by atoms with Crippen LogP contribution >= 0.6 is 11.3 Å². The molecule has 2 N–H and O–H groups in total. The first-order chi connectivity index (χ1) is 15.7. The number of nitrogens with zero attached hydrogens (tertiary/aromatic N) is 4. The van der Waals surface area contributed by atoms with Crippen LogP contribution < -0.4 is 10.6 Å². The van der Waals surface area contributed by atoms with Gasteiger partial charge in [-0.2, -0.15) is 18.3 Å². The number of aromatic nitrogens is 3. The van der Waals surface area contributed by atoms with Gasteiger partial charge in [0.2, 0.25) is 5.91 Å². The second-order valence-corrected chi connectivity index (χ2v) is 8.52. The van der Waals surface area contributed by atoms with Crippen molar-refractivity contribution in [3.05, 3.63) is 58.7 Å². The maximum Gasteiger partial charge on any atom is 0.416 e. The van der Waals surface area contributed by atoms with E-state index < -0.39 is 17.6 Å². The van der Waals surface area contributed by atoms with E-state index in [1.807, 2.05) is 10.3 Å². The van der Waals surface area contributed by atoms with E-state index in [0.717, 1.165) is 49.3 Å². The Balaban J connectivity index is 1.36. The van der Waals surface area contributed by atoms with Gasteiger partial charge in [-0.05, 0) is 43.7 Å². The van der Waals surface area contributed by atoms with E-state index in [9.17, 15) is 22.8 Å². The molecule has 0 bridgehead atoms. The summed E-state index contributed by atoms with van der Waals surface area (Å²) in [6.45, 7) is 0.928. The average Bonchev–Trinajstić information content (AvgIpc) is 3.49. The minimum absolute atomic E-state index is 0.0625. The Morgan fingerprint density at radius 2 is 1.94 bits per heavy atom. The lowest BCUT2D eigenvalue weighted by atomic mass is 10.1. The van der Waals surface area contributed by atoms with E-state index in [-0.39, 0.29) is 24.1 Å². The minimum Gasteiger partial charge on any atom is -0.308 e. The molecule has 0 radical (unpaired) electrons. The molecule has 1 atom stereocenters. The Morgan fingerprint density at radius 1 is 1.18 bits per heavy atom. The fourth-order valence-corrected chi connectivity index (χ4v) is 4.43. The van der Waals surface area contributed by atoms with Gasteiger partial charge < -0.3 is 5.32 Å². The van der Waals surface area contributed by atoms with Gasteiger partial charge in [0, 0.05) is 30.3 Å². The zero-order valence-electron chi connectivity index (χ0n) is 17.6. The van der Waals surface area contributed by atoms with E-state index in [1.165, 1.54) is 11.3 Å². The molecule has 12 heteroatoms. The molecule has 1 aromatic carbocycles. The molecule has 174 valence electrons. The first kappa shape index (κ1) is 22.9. The molecule has 0 saturated carbocycles. The number of alkyl halides is 3. The van der Waals surface area contributed by atoms with Crippen molar-refractivity contribution in [1.82, 2.24) is 19.7 Å². The van der Waals surface area contributed by atoms with Crippen molar-refractivity contribution < 1.29 is 22.8 Å². The van der Waals surface area contributed by atoms with Gasteiger partial charge in [0.25, 0.3) is 5.91 Å². The Kier molecular flexibility index (Phi) is 6.47. The van der Waals surface area contributed by atoms with Crippen molar-refractivity contribution in [2.24, 2.45) is 7.05 Å². The highest BCUT2D eigenvalue weighted by Crippen LogP contribution is 2.34. The Labute approximate surface area is 191 Å². The van der Waals surface area contributed by atoms with Crippen LogP contribution in [-0.4, -0.2) is 44.6 Å². The summed E-state index contributed by atoms with van der Waals surface area (Å²) in [7, 11) is 1.77. The maximum absolute atomic E-state index is 12.7. The summed E-state index contributed by atoms with van der Waals surface area (Å²) in [5.41, 5.74) is 0.0308. The van der Waals surface area contributed by atoms with Crippen LogP contribution in [0.15, 0.2) is 41.9 Å². The van der Waals surface area contributed by atoms with Gasteiger partial charge >= 0.3 is 6.18 Å². The van der Waals surface area contributed by atoms with Gasteiger partial charge in [-0.25, -0.2) is 4.98 Å². The number of anilines is 2. The SMILES string of the molecule is Cn1ccc(NC(=O)CN2CCC[C@@H]2c2csc(NC(=O)c3ccc(C(F)(F)F)cc3)n2)n1. The number of likely N-dealkylation sites (tertiary alicyclic amines) is 1. The van der Waals surface area contributed by atoms with Crippen LogP contribution in [-0.2, 0) is 18.0 Å². The number of carbonyl (C=O) groups is 2. The van der Waals surface area contributed by atoms with E-state index >= 15 is 0 Å². The smallest absolute Gasteiger partial charge is 0.308 e. The van der Waals surface area contributed by atoms with E-state index in [4.69, 9.17) is 0 Å². The van der Waals surface area contributed by atoms with Crippen LogP contribution in [0, 0.1) is 0 Å². The molecule has 0 aliphatic carbocycles. The van der Waals surface area contributed by atoms with Gasteiger partial charge in [0.05, 0.1) is 23.8 Å². The fourth-order valence-electron chi connectivity index (χ4n) is 3.68. The first-order valence-corrected chi connectivity index (χ1v) is 11.0. The topological polar surface area (TPSA) is 92.2 Å². The predicted octanol–water partition coefficient (Wildman–Crippen LogP) is 3.92. The van der Waals surface area contributed by atoms with Crippen molar-refractivity contribution in [3.8, 4) is 0 Å². The lowest BCUT2D eigenvalue weighted by molar-refractivity contribution is -0.137. The molecular formula is C21H21F3N6O2S. The third-order valence-electron chi connectivity index (χ3n) is 5.25. The number of hydrogen-bond donors (Lipinski definition) is 2. The molecule has 4 rings (SSSR count). The predicted molar refractivity (Wildman–Crippen MR) is 117 cm³/mol. The Morgan fingerprint density at radius 3 is 2.61 bits per heavy atom. The Bertz CT molecular complexity index is 1140. The van der Waals surface area contributed by atoms with E-state index in [0.29, 0.717) is 10.9 Å². The first-order valence-electron chi connectivity index (χ1n) is 10.2. The minimum atomic E-state index is -4.46. The molecule has 2 aromatic heterocycles. The third kappa shape index (κ3) is 5.57. The average molecular weight is 479 g/mol. The van der Waals surface area contributed by atoms with Gasteiger partial charge in [0.15, 0.2) is 10.9 Å². The number of rotatable bonds is 6. The summed E-state index contributed by atoms with van der Waals surface area (Å²) in [6.07, 6.45) is -0.982. The number of aryl methyl sites for hydroxylation is 1. The van der Waals surface area contributed by atoms with Crippen molar-refractivity contribution in [2.75, 3.05) is 23.7 Å². The number of halogens is 3. The van der Waals surface area contributed by atoms with Gasteiger partial charge in [0.1, 0.15) is 0 Å². The van der Waals surface area contributed by atoms with Crippen molar-refractivity contribution in [2.45, 2.75) is 25.1 Å². The second-order valence-electron chi connectivity index (χ2n) is 7.66. The molecule has 3 aromatic rings. The highest BCUT2D eigenvalue weighted by Gasteiger charge is 2.31. The number of carbonyl (C=O) groups excluding carboxylic acids is 2. The summed E-state index contributed by atoms with van der Waals surface area (Å²) in [5, 5.41) is 11.7. The van der Waals surface area contributed by atoms with E-state index in [2.05, 4.69) is 20.7 Å². The lowest BCUT2D eigenvalue weighted by Crippen LogP contribution is -2.33. The van der Waals surface area contributed by atoms with Crippen LogP contribution in [0.4, 0.5) is 24.1 Å². The van der Waals surface area contributed by atoms with Crippen LogP contribution in [0.5, 0.6) is 0 Å². The second kappa shape index (κ2) is 9.32. The van der Waals surface area contributed by atoms with Crippen molar-refractivity contribution in [3.63, 3.8) is 0 Å². The van der Waals surface area contributed by atoms with Crippen LogP contribution in [0.3, 0.4) is 0 Å². The zero-order chi connectivity index (χ0) is 23.6. The monoisotopic (exact) mass is 478 g/mol. The highest BCUT2D eigenvalue weighted by atomic mass is 32.1. The van der Waals surface area contributed by atoms with Crippen LogP contribution in [0.1, 0.15) is 40.5 Å². The molecule has 8 nitrogen and oxygen atoms in total. The summed E-state index contributed by atoms with van der Waals surface area (Å²) < 4.78 is 39.7. The summed E-state index contributed by atoms with van der Waals surface area (Å²) in [6, 6.07) is 5.65. The molecule has 1 aliphatic rings. The van der Waals surface area contributed by atoms with Crippen LogP contribution in [0.25, 0.3) is 0 Å². The number of amides is 2. The molecule has 1 saturated heterocycles. The summed E-state index contributed by atoms with van der Waals surface area (Å²) in [5.74, 6) is -0.227. The van der Waals surface area contributed by atoms with E-state index in [1.54, 1.807) is 24.0 Å². The summed E-state index contributed by atoms with van der Waals surface area (Å²) >= 11 is 1.23. The van der Waals surface area contributed by atoms with Gasteiger partial charge in [-0.15, -0.1) is 11.3 Å². The molecule has 33 heavy (non-hydrogen) atoms. The Hall–Kier alpha value is -3.25. The molecular weight excluding hydrogens is 457 g/mol. The van der Waals surface area contributed by atoms with Gasteiger partial charge in [-0.3, -0.25) is 24.5 Å². The quantitative estimate of drug-likeness (QED) is 0.560. The maximum atomic E-state index is 12.7. The van der Waals surface area contributed by atoms with Crippen molar-refractivity contribution >= 4 is 34.1 Å². The largest absolute Gasteiger partial charge is 0.416 e. The normalized spacial score (nSPS) is 16.7. The highest BCUT2D eigenvalue weighted by molar-refractivity contribution is 7.14. The molecule has 1 aliphatic heterocycles. The molecule has 1 fully saturated rings. The number of nitrogens with one attached hydrogen (secondary N) is 2. The number of hydrogen-bond acceptors (Lipinski definition) is 6. The van der Waals surface area contributed by atoms with Crippen molar-refractivity contribution in [1.29, 1.82) is 0 Å². The number of thiazole rings is 1. The molecule has 2 amide bonds. The summed E-state index contributed by atoms with van der Waals surface area (Å²) in [4.78, 5) is 31.3. The van der Waals surface area contributed by atoms with Gasteiger partial charge in [-0.1, -0.05) is 0 Å². The molecule has 0 spiro atoms. The molecule has 0 unspecified atom stereocenters. The standard InChI is InChI=1S/C21H21F3N6O2S/c1-29-10-8-17(28-29)26-18(31)11-30-9-2-3-16(30)15-12-33-20(25-15)27-19(32)13-4-6-14(7-5-13)21(22,23)24/h4-8,10,12,16H,2-3,9,11H2,1H3,(H,25,27,32)(H,26,28,31)/t16-/m1/s1. The molecule has 3 heterocycles. The lowest BCUT2D eigenvalue weighted by Gasteiger charge is -2.22. The number of benzene rings is 1. The third-order valence-corrected chi connectivity index (χ3v) is 6.03.